The molecule has 0 saturated carbocycles. The Labute approximate surface area is 158 Å². The number of benzene rings is 1. The first-order valence-electron chi connectivity index (χ1n) is 8.73. The maximum atomic E-state index is 14.1. The Morgan fingerprint density at radius 3 is 2.57 bits per heavy atom. The van der Waals surface area contributed by atoms with Crippen LogP contribution in [0.1, 0.15) is 22.4 Å². The molecular formula is C20H16F4N4. The van der Waals surface area contributed by atoms with Crippen LogP contribution in [0.5, 0.6) is 0 Å². The minimum Gasteiger partial charge on any atom is -0.294 e. The van der Waals surface area contributed by atoms with Gasteiger partial charge in [0.2, 0.25) is 0 Å². The third kappa shape index (κ3) is 3.87. The van der Waals surface area contributed by atoms with Crippen LogP contribution in [-0.4, -0.2) is 26.4 Å². The van der Waals surface area contributed by atoms with Crippen molar-refractivity contribution < 1.29 is 17.6 Å². The lowest BCUT2D eigenvalue weighted by atomic mass is 10.0. The second-order valence-corrected chi connectivity index (χ2v) is 6.67. The molecule has 0 saturated heterocycles. The highest BCUT2D eigenvalue weighted by Gasteiger charge is 2.31. The molecule has 3 heterocycles. The lowest BCUT2D eigenvalue weighted by Gasteiger charge is -2.28. The lowest BCUT2D eigenvalue weighted by Crippen LogP contribution is -2.31. The van der Waals surface area contributed by atoms with E-state index in [2.05, 4.69) is 15.0 Å². The Bertz CT molecular complexity index is 989. The van der Waals surface area contributed by atoms with Crippen molar-refractivity contribution in [3.05, 3.63) is 77.1 Å². The first kappa shape index (κ1) is 18.5. The number of fused-ring (bicyclic) bond motifs is 1. The van der Waals surface area contributed by atoms with Gasteiger partial charge in [0.1, 0.15) is 5.82 Å². The molecule has 0 atom stereocenters. The van der Waals surface area contributed by atoms with Crippen LogP contribution in [0.25, 0.3) is 11.4 Å². The molecule has 0 N–H and O–H groups in total. The number of hydrogen-bond acceptors (Lipinski definition) is 4. The van der Waals surface area contributed by atoms with E-state index < -0.39 is 17.6 Å². The van der Waals surface area contributed by atoms with E-state index in [0.717, 1.165) is 22.9 Å². The monoisotopic (exact) mass is 388 g/mol. The predicted octanol–water partition coefficient (Wildman–Crippen LogP) is 4.25. The van der Waals surface area contributed by atoms with Crippen LogP contribution in [0.3, 0.4) is 0 Å². The largest absolute Gasteiger partial charge is 0.416 e. The fourth-order valence-corrected chi connectivity index (χ4v) is 3.24. The van der Waals surface area contributed by atoms with Crippen molar-refractivity contribution in [2.24, 2.45) is 0 Å². The molecule has 4 nitrogen and oxygen atoms in total. The number of pyridine rings is 1. The molecule has 0 aliphatic carbocycles. The van der Waals surface area contributed by atoms with E-state index in [4.69, 9.17) is 0 Å². The van der Waals surface area contributed by atoms with Gasteiger partial charge in [0, 0.05) is 61.3 Å². The second-order valence-electron chi connectivity index (χ2n) is 6.67. The van der Waals surface area contributed by atoms with E-state index in [9.17, 15) is 17.6 Å². The second kappa shape index (κ2) is 7.27. The summed E-state index contributed by atoms with van der Waals surface area (Å²) in [5.41, 5.74) is 2.02. The molecule has 28 heavy (non-hydrogen) atoms. The average molecular weight is 388 g/mol. The SMILES string of the molecule is Fc1cc(C(F)(F)F)ccc1CN1CCc2nc(-c3ccncc3)ncc2C1. The number of alkyl halides is 3. The van der Waals surface area contributed by atoms with Gasteiger partial charge in [0.15, 0.2) is 5.82 Å². The van der Waals surface area contributed by atoms with E-state index in [1.807, 2.05) is 17.0 Å². The van der Waals surface area contributed by atoms with Gasteiger partial charge >= 0.3 is 6.18 Å². The quantitative estimate of drug-likeness (QED) is 0.629. The number of nitrogens with zero attached hydrogens (tertiary/aromatic N) is 4. The summed E-state index contributed by atoms with van der Waals surface area (Å²) in [6, 6.07) is 6.35. The Hall–Kier alpha value is -2.87. The van der Waals surface area contributed by atoms with Gasteiger partial charge in [0.05, 0.1) is 11.3 Å². The number of hydrogen-bond donors (Lipinski definition) is 0. The van der Waals surface area contributed by atoms with E-state index >= 15 is 0 Å². The van der Waals surface area contributed by atoms with Crippen molar-refractivity contribution in [3.63, 3.8) is 0 Å². The molecule has 144 valence electrons. The van der Waals surface area contributed by atoms with E-state index in [1.165, 1.54) is 6.07 Å². The van der Waals surface area contributed by atoms with Gasteiger partial charge < -0.3 is 0 Å². The normalized spacial score (nSPS) is 14.7. The summed E-state index contributed by atoms with van der Waals surface area (Å²) in [6.45, 7) is 1.39. The number of aromatic nitrogens is 3. The molecule has 1 aliphatic rings. The molecule has 0 bridgehead atoms. The molecule has 1 aliphatic heterocycles. The molecular weight excluding hydrogens is 372 g/mol. The van der Waals surface area contributed by atoms with Crippen molar-refractivity contribution in [3.8, 4) is 11.4 Å². The predicted molar refractivity (Wildman–Crippen MR) is 94.5 cm³/mol. The van der Waals surface area contributed by atoms with Gasteiger partial charge in [-0.2, -0.15) is 13.2 Å². The fourth-order valence-electron chi connectivity index (χ4n) is 3.24. The third-order valence-corrected chi connectivity index (χ3v) is 4.73. The Balaban J connectivity index is 1.49. The van der Waals surface area contributed by atoms with E-state index in [0.29, 0.717) is 31.4 Å². The van der Waals surface area contributed by atoms with Gasteiger partial charge in [-0.1, -0.05) is 6.07 Å². The highest BCUT2D eigenvalue weighted by molar-refractivity contribution is 5.54. The third-order valence-electron chi connectivity index (χ3n) is 4.73. The smallest absolute Gasteiger partial charge is 0.294 e. The number of rotatable bonds is 3. The van der Waals surface area contributed by atoms with E-state index in [-0.39, 0.29) is 12.1 Å². The van der Waals surface area contributed by atoms with Crippen LogP contribution in [0.15, 0.2) is 48.9 Å². The van der Waals surface area contributed by atoms with Crippen LogP contribution in [0.2, 0.25) is 0 Å². The van der Waals surface area contributed by atoms with Gasteiger partial charge in [0.25, 0.3) is 0 Å². The topological polar surface area (TPSA) is 41.9 Å². The van der Waals surface area contributed by atoms with Crippen molar-refractivity contribution in [1.82, 2.24) is 19.9 Å². The Kier molecular flexibility index (Phi) is 4.80. The summed E-state index contributed by atoms with van der Waals surface area (Å²) in [6.07, 6.45) is 1.23. The molecule has 3 aromatic rings. The zero-order chi connectivity index (χ0) is 19.7. The highest BCUT2D eigenvalue weighted by atomic mass is 19.4. The zero-order valence-corrected chi connectivity index (χ0v) is 14.7. The first-order valence-corrected chi connectivity index (χ1v) is 8.73. The van der Waals surface area contributed by atoms with Crippen LogP contribution >= 0.6 is 0 Å². The highest BCUT2D eigenvalue weighted by Crippen LogP contribution is 2.31. The fraction of sp³-hybridized carbons (Fsp3) is 0.250. The van der Waals surface area contributed by atoms with Crippen LogP contribution in [0.4, 0.5) is 17.6 Å². The molecule has 0 fully saturated rings. The minimum absolute atomic E-state index is 0.232. The summed E-state index contributed by atoms with van der Waals surface area (Å²) in [5, 5.41) is 0. The van der Waals surface area contributed by atoms with Crippen LogP contribution in [0, 0.1) is 5.82 Å². The maximum Gasteiger partial charge on any atom is 0.416 e. The average Bonchev–Trinajstić information content (AvgIpc) is 2.69. The summed E-state index contributed by atoms with van der Waals surface area (Å²) in [5.74, 6) is -0.215. The zero-order valence-electron chi connectivity index (χ0n) is 14.7. The summed E-state index contributed by atoms with van der Waals surface area (Å²) < 4.78 is 52.2. The molecule has 0 radical (unpaired) electrons. The molecule has 0 unspecified atom stereocenters. The molecule has 0 spiro atoms. The van der Waals surface area contributed by atoms with Crippen LogP contribution < -0.4 is 0 Å². The minimum atomic E-state index is -4.55. The van der Waals surface area contributed by atoms with Gasteiger partial charge in [-0.15, -0.1) is 0 Å². The van der Waals surface area contributed by atoms with E-state index in [1.54, 1.807) is 18.6 Å². The van der Waals surface area contributed by atoms with Gasteiger partial charge in [-0.05, 0) is 24.3 Å². The van der Waals surface area contributed by atoms with Crippen LogP contribution in [-0.2, 0) is 25.7 Å². The van der Waals surface area contributed by atoms with Gasteiger partial charge in [-0.3, -0.25) is 9.88 Å². The summed E-state index contributed by atoms with van der Waals surface area (Å²) in [7, 11) is 0. The van der Waals surface area contributed by atoms with Crippen molar-refractivity contribution in [1.29, 1.82) is 0 Å². The van der Waals surface area contributed by atoms with Crippen molar-refractivity contribution in [2.45, 2.75) is 25.7 Å². The van der Waals surface area contributed by atoms with Gasteiger partial charge in [-0.25, -0.2) is 14.4 Å². The molecule has 8 heteroatoms. The Morgan fingerprint density at radius 1 is 1.07 bits per heavy atom. The maximum absolute atomic E-state index is 14.1. The number of halogens is 4. The van der Waals surface area contributed by atoms with Crippen molar-refractivity contribution >= 4 is 0 Å². The molecule has 0 amide bonds. The molecule has 4 rings (SSSR count). The first-order chi connectivity index (χ1) is 13.4. The molecule has 2 aromatic heterocycles. The summed E-state index contributed by atoms with van der Waals surface area (Å²) >= 11 is 0. The lowest BCUT2D eigenvalue weighted by molar-refractivity contribution is -0.137. The molecule has 1 aromatic carbocycles. The Morgan fingerprint density at radius 2 is 1.86 bits per heavy atom. The van der Waals surface area contributed by atoms with Crippen molar-refractivity contribution in [2.75, 3.05) is 6.54 Å². The standard InChI is InChI=1S/C20H16F4N4/c21-17-9-16(20(22,23)24)2-1-14(17)11-28-8-5-18-15(12-28)10-26-19(27-18)13-3-6-25-7-4-13/h1-4,6-7,9-10H,5,8,11-12H2. The summed E-state index contributed by atoms with van der Waals surface area (Å²) in [4.78, 5) is 15.0.